The van der Waals surface area contributed by atoms with Gasteiger partial charge in [0.25, 0.3) is 0 Å². The number of anilines is 1. The van der Waals surface area contributed by atoms with E-state index in [4.69, 9.17) is 18.9 Å². The molecule has 1 aromatic heterocycles. The molecule has 3 aromatic rings. The van der Waals surface area contributed by atoms with E-state index in [1.807, 2.05) is 32.9 Å². The summed E-state index contributed by atoms with van der Waals surface area (Å²) in [5.74, 6) is 1.16. The van der Waals surface area contributed by atoms with E-state index in [1.54, 1.807) is 43.6 Å². The summed E-state index contributed by atoms with van der Waals surface area (Å²) in [6, 6.07) is 12.5. The van der Waals surface area contributed by atoms with Crippen LogP contribution in [0.4, 0.5) is 5.69 Å². The summed E-state index contributed by atoms with van der Waals surface area (Å²) in [6.07, 6.45) is 1.83. The molecule has 2 aromatic carbocycles. The molecule has 0 spiro atoms. The first kappa shape index (κ1) is 25.0. The Morgan fingerprint density at radius 3 is 2.38 bits per heavy atom. The van der Waals surface area contributed by atoms with Crippen LogP contribution in [0.5, 0.6) is 17.2 Å². The molecule has 180 valence electrons. The standard InChI is InChI=1S/C26H30N2O6/c1-17(29)28-22-15-20-21(16-24(22)32-13-12-31-5)27-11-10-23(20)33-19-8-6-18(7-9-19)14-25(30)34-26(2,3)4/h6-11,15-16H,12-14H2,1-5H3,(H,28,29). The number of nitrogens with zero attached hydrogens (tertiary/aromatic N) is 1. The molecule has 0 aliphatic rings. The van der Waals surface area contributed by atoms with Gasteiger partial charge in [-0.05, 0) is 50.6 Å². The third-order valence-corrected chi connectivity index (χ3v) is 4.58. The fourth-order valence-corrected chi connectivity index (χ4v) is 3.23. The van der Waals surface area contributed by atoms with Gasteiger partial charge in [0, 0.05) is 31.7 Å². The molecule has 1 heterocycles. The third-order valence-electron chi connectivity index (χ3n) is 4.58. The number of carbonyl (C=O) groups excluding carboxylic acids is 2. The first-order valence-corrected chi connectivity index (χ1v) is 11.0. The molecule has 0 atom stereocenters. The van der Waals surface area contributed by atoms with E-state index < -0.39 is 5.60 Å². The van der Waals surface area contributed by atoms with Crippen molar-refractivity contribution < 1.29 is 28.5 Å². The number of hydrogen-bond donors (Lipinski definition) is 1. The Morgan fingerprint density at radius 1 is 1.00 bits per heavy atom. The maximum atomic E-state index is 12.1. The van der Waals surface area contributed by atoms with Crippen LogP contribution in [-0.2, 0) is 25.5 Å². The first-order chi connectivity index (χ1) is 16.1. The summed E-state index contributed by atoms with van der Waals surface area (Å²) >= 11 is 0. The number of benzene rings is 2. The lowest BCUT2D eigenvalue weighted by Crippen LogP contribution is -2.24. The number of carbonyl (C=O) groups is 2. The average molecular weight is 467 g/mol. The molecule has 0 aliphatic carbocycles. The minimum absolute atomic E-state index is 0.182. The molecule has 0 saturated carbocycles. The highest BCUT2D eigenvalue weighted by molar-refractivity contribution is 5.96. The van der Waals surface area contributed by atoms with Crippen LogP contribution in [0, 0.1) is 0 Å². The van der Waals surface area contributed by atoms with Crippen LogP contribution in [0.3, 0.4) is 0 Å². The summed E-state index contributed by atoms with van der Waals surface area (Å²) in [6.45, 7) is 7.70. The molecular formula is C26H30N2O6. The SMILES string of the molecule is COCCOc1cc2nccc(Oc3ccc(CC(=O)OC(C)(C)C)cc3)c2cc1NC(C)=O. The Bertz CT molecular complexity index is 1150. The zero-order chi connectivity index (χ0) is 24.7. The van der Waals surface area contributed by atoms with Crippen LogP contribution >= 0.6 is 0 Å². The number of ether oxygens (including phenoxy) is 4. The zero-order valence-corrected chi connectivity index (χ0v) is 20.1. The molecule has 3 rings (SSSR count). The van der Waals surface area contributed by atoms with Gasteiger partial charge in [0.15, 0.2) is 0 Å². The molecule has 8 nitrogen and oxygen atoms in total. The first-order valence-electron chi connectivity index (χ1n) is 11.0. The Kier molecular flexibility index (Phi) is 8.07. The fraction of sp³-hybridized carbons (Fsp3) is 0.346. The Morgan fingerprint density at radius 2 is 1.74 bits per heavy atom. The van der Waals surface area contributed by atoms with E-state index in [0.29, 0.717) is 47.1 Å². The van der Waals surface area contributed by atoms with Gasteiger partial charge >= 0.3 is 5.97 Å². The van der Waals surface area contributed by atoms with Crippen molar-refractivity contribution in [3.63, 3.8) is 0 Å². The minimum atomic E-state index is -0.521. The smallest absolute Gasteiger partial charge is 0.310 e. The normalized spacial score (nSPS) is 11.2. The molecule has 0 unspecified atom stereocenters. The van der Waals surface area contributed by atoms with Gasteiger partial charge < -0.3 is 24.3 Å². The Labute approximate surface area is 199 Å². The lowest BCUT2D eigenvalue weighted by molar-refractivity contribution is -0.153. The van der Waals surface area contributed by atoms with E-state index in [1.165, 1.54) is 6.92 Å². The van der Waals surface area contributed by atoms with Gasteiger partial charge in [-0.1, -0.05) is 12.1 Å². The number of amides is 1. The molecule has 1 N–H and O–H groups in total. The highest BCUT2D eigenvalue weighted by Crippen LogP contribution is 2.36. The molecule has 0 fully saturated rings. The quantitative estimate of drug-likeness (QED) is 0.354. The van der Waals surface area contributed by atoms with Crippen molar-refractivity contribution in [1.29, 1.82) is 0 Å². The lowest BCUT2D eigenvalue weighted by atomic mass is 10.1. The Balaban J connectivity index is 1.82. The van der Waals surface area contributed by atoms with Gasteiger partial charge in [0.2, 0.25) is 5.91 Å². The van der Waals surface area contributed by atoms with Crippen molar-refractivity contribution in [3.05, 3.63) is 54.2 Å². The van der Waals surface area contributed by atoms with Crippen molar-refractivity contribution in [3.8, 4) is 17.2 Å². The van der Waals surface area contributed by atoms with E-state index in [0.717, 1.165) is 5.56 Å². The van der Waals surface area contributed by atoms with Crippen molar-refractivity contribution in [2.75, 3.05) is 25.6 Å². The number of aromatic nitrogens is 1. The van der Waals surface area contributed by atoms with Gasteiger partial charge in [-0.15, -0.1) is 0 Å². The van der Waals surface area contributed by atoms with Crippen LogP contribution in [0.1, 0.15) is 33.3 Å². The molecule has 1 amide bonds. The van der Waals surface area contributed by atoms with Gasteiger partial charge in [-0.2, -0.15) is 0 Å². The van der Waals surface area contributed by atoms with Crippen molar-refractivity contribution in [2.45, 2.75) is 39.7 Å². The van der Waals surface area contributed by atoms with Gasteiger partial charge in [-0.25, -0.2) is 0 Å². The molecule has 0 radical (unpaired) electrons. The fourth-order valence-electron chi connectivity index (χ4n) is 3.23. The lowest BCUT2D eigenvalue weighted by Gasteiger charge is -2.19. The zero-order valence-electron chi connectivity index (χ0n) is 20.1. The number of methoxy groups -OCH3 is 1. The third kappa shape index (κ3) is 7.18. The van der Waals surface area contributed by atoms with E-state index in [9.17, 15) is 9.59 Å². The monoisotopic (exact) mass is 466 g/mol. The van der Waals surface area contributed by atoms with E-state index >= 15 is 0 Å². The topological polar surface area (TPSA) is 96.0 Å². The highest BCUT2D eigenvalue weighted by Gasteiger charge is 2.17. The van der Waals surface area contributed by atoms with Crippen molar-refractivity contribution in [2.24, 2.45) is 0 Å². The molecule has 34 heavy (non-hydrogen) atoms. The molecular weight excluding hydrogens is 436 g/mol. The van der Waals surface area contributed by atoms with E-state index in [-0.39, 0.29) is 18.3 Å². The predicted octanol–water partition coefficient (Wildman–Crippen LogP) is 4.89. The summed E-state index contributed by atoms with van der Waals surface area (Å²) in [5, 5.41) is 3.50. The van der Waals surface area contributed by atoms with Crippen LogP contribution < -0.4 is 14.8 Å². The summed E-state index contributed by atoms with van der Waals surface area (Å²) < 4.78 is 22.3. The molecule has 8 heteroatoms. The number of esters is 1. The second kappa shape index (κ2) is 11.0. The minimum Gasteiger partial charge on any atom is -0.489 e. The number of pyridine rings is 1. The largest absolute Gasteiger partial charge is 0.489 e. The van der Waals surface area contributed by atoms with Gasteiger partial charge in [0.1, 0.15) is 29.5 Å². The van der Waals surface area contributed by atoms with Gasteiger partial charge in [-0.3, -0.25) is 14.6 Å². The maximum Gasteiger partial charge on any atom is 0.310 e. The second-order valence-corrected chi connectivity index (χ2v) is 8.71. The molecule has 0 aliphatic heterocycles. The van der Waals surface area contributed by atoms with Crippen LogP contribution in [0.2, 0.25) is 0 Å². The van der Waals surface area contributed by atoms with Crippen molar-refractivity contribution >= 4 is 28.5 Å². The molecule has 0 bridgehead atoms. The predicted molar refractivity (Wildman–Crippen MR) is 129 cm³/mol. The van der Waals surface area contributed by atoms with Gasteiger partial charge in [0.05, 0.1) is 24.2 Å². The summed E-state index contributed by atoms with van der Waals surface area (Å²) in [7, 11) is 1.59. The number of nitrogens with one attached hydrogen (secondary N) is 1. The average Bonchev–Trinajstić information content (AvgIpc) is 2.74. The van der Waals surface area contributed by atoms with Crippen LogP contribution in [0.15, 0.2) is 48.7 Å². The number of rotatable bonds is 9. The van der Waals surface area contributed by atoms with Crippen molar-refractivity contribution in [1.82, 2.24) is 4.98 Å². The number of fused-ring (bicyclic) bond motifs is 1. The second-order valence-electron chi connectivity index (χ2n) is 8.71. The summed E-state index contributed by atoms with van der Waals surface area (Å²) in [5.41, 5.74) is 1.47. The Hall–Kier alpha value is -3.65. The maximum absolute atomic E-state index is 12.1. The van der Waals surface area contributed by atoms with E-state index in [2.05, 4.69) is 10.3 Å². The van der Waals surface area contributed by atoms with Crippen LogP contribution in [0.25, 0.3) is 10.9 Å². The molecule has 0 saturated heterocycles. The summed E-state index contributed by atoms with van der Waals surface area (Å²) in [4.78, 5) is 28.2. The number of hydrogen-bond acceptors (Lipinski definition) is 7. The van der Waals surface area contributed by atoms with Crippen LogP contribution in [-0.4, -0.2) is 42.8 Å². The highest BCUT2D eigenvalue weighted by atomic mass is 16.6.